The second kappa shape index (κ2) is 15.9. The molecule has 0 fully saturated rings. The van der Waals surface area contributed by atoms with Gasteiger partial charge in [-0.1, -0.05) is 112 Å². The van der Waals surface area contributed by atoms with Crippen LogP contribution in [0, 0.1) is 0 Å². The summed E-state index contributed by atoms with van der Waals surface area (Å²) >= 11 is 0. The monoisotopic (exact) mass is 406 g/mol. The summed E-state index contributed by atoms with van der Waals surface area (Å²) < 4.78 is 0. The van der Waals surface area contributed by atoms with E-state index in [0.717, 1.165) is 26.2 Å². The first-order valence-electron chi connectivity index (χ1n) is 12.0. The van der Waals surface area contributed by atoms with Crippen LogP contribution in [0.5, 0.6) is 0 Å². The van der Waals surface area contributed by atoms with Gasteiger partial charge >= 0.3 is 0 Å². The lowest BCUT2D eigenvalue weighted by atomic mass is 10.1. The van der Waals surface area contributed by atoms with Crippen LogP contribution in [0.15, 0.2) is 72.8 Å². The summed E-state index contributed by atoms with van der Waals surface area (Å²) in [6.07, 6.45) is 12.7. The van der Waals surface area contributed by atoms with Gasteiger partial charge in [0, 0.05) is 26.2 Å². The van der Waals surface area contributed by atoms with Crippen LogP contribution in [0.1, 0.15) is 63.5 Å². The summed E-state index contributed by atoms with van der Waals surface area (Å²) in [4.78, 5) is 5.17. The smallest absolute Gasteiger partial charge is 0.0240 e. The van der Waals surface area contributed by atoms with E-state index in [1.807, 2.05) is 0 Å². The number of hydrogen-bond acceptors (Lipinski definition) is 2. The van der Waals surface area contributed by atoms with Gasteiger partial charge in [0.1, 0.15) is 0 Å². The van der Waals surface area contributed by atoms with Crippen molar-refractivity contribution in [3.05, 3.63) is 83.9 Å². The van der Waals surface area contributed by atoms with Crippen molar-refractivity contribution < 1.29 is 0 Å². The van der Waals surface area contributed by atoms with E-state index >= 15 is 0 Å². The molecule has 0 N–H and O–H groups in total. The van der Waals surface area contributed by atoms with Crippen molar-refractivity contribution in [3.63, 3.8) is 0 Å². The second-order valence-electron chi connectivity index (χ2n) is 8.33. The molecule has 0 aromatic heterocycles. The Hall–Kier alpha value is -1.90. The molecule has 0 unspecified atom stereocenters. The number of rotatable bonds is 16. The van der Waals surface area contributed by atoms with Crippen LogP contribution in [-0.2, 0) is 13.1 Å². The average molecular weight is 407 g/mol. The maximum absolute atomic E-state index is 2.64. The van der Waals surface area contributed by atoms with Gasteiger partial charge in [-0.05, 0) is 37.1 Å². The maximum atomic E-state index is 2.64. The molecule has 2 aromatic rings. The van der Waals surface area contributed by atoms with E-state index in [4.69, 9.17) is 0 Å². The Labute approximate surface area is 185 Å². The lowest BCUT2D eigenvalue weighted by Gasteiger charge is -2.22. The van der Waals surface area contributed by atoms with Crippen LogP contribution in [-0.4, -0.2) is 36.0 Å². The highest BCUT2D eigenvalue weighted by atomic mass is 15.1. The molecule has 2 heteroatoms. The molecule has 0 amide bonds. The van der Waals surface area contributed by atoms with Gasteiger partial charge in [0.15, 0.2) is 0 Å². The molecule has 2 nitrogen and oxygen atoms in total. The summed E-state index contributed by atoms with van der Waals surface area (Å²) in [5.74, 6) is 0. The van der Waals surface area contributed by atoms with E-state index in [2.05, 4.69) is 96.5 Å². The summed E-state index contributed by atoms with van der Waals surface area (Å²) in [7, 11) is 0. The van der Waals surface area contributed by atoms with Gasteiger partial charge in [-0.2, -0.15) is 0 Å². The number of nitrogens with zero attached hydrogens (tertiary/aromatic N) is 2. The summed E-state index contributed by atoms with van der Waals surface area (Å²) in [6, 6.07) is 21.6. The average Bonchev–Trinajstić information content (AvgIpc) is 2.78. The number of unbranched alkanes of at least 4 members (excludes halogenated alkanes) is 4. The lowest BCUT2D eigenvalue weighted by Crippen LogP contribution is -2.27. The molecule has 0 aliphatic carbocycles. The Bertz CT molecular complexity index is 614. The highest BCUT2D eigenvalue weighted by molar-refractivity contribution is 5.17. The fourth-order valence-corrected chi connectivity index (χ4v) is 3.78. The SMILES string of the molecule is CCCCCN(CC=CCN(Cc1ccccc1)Cc1ccccc1)CCCCC. The zero-order valence-electron chi connectivity index (χ0n) is 19.3. The Morgan fingerprint density at radius 2 is 1.00 bits per heavy atom. The first-order chi connectivity index (χ1) is 14.8. The topological polar surface area (TPSA) is 6.48 Å². The standard InChI is InChI=1S/C28H42N2/c1-3-5-13-21-29(22-14-6-4-2)23-15-16-24-30(25-27-17-9-7-10-18-27)26-28-19-11-8-12-20-28/h7-12,15-20H,3-6,13-14,21-26H2,1-2H3. The number of hydrogen-bond donors (Lipinski definition) is 0. The van der Waals surface area contributed by atoms with Crippen LogP contribution in [0.2, 0.25) is 0 Å². The van der Waals surface area contributed by atoms with Crippen molar-refractivity contribution in [1.82, 2.24) is 9.80 Å². The van der Waals surface area contributed by atoms with E-state index in [1.54, 1.807) is 0 Å². The number of benzene rings is 2. The molecule has 2 rings (SSSR count). The minimum Gasteiger partial charge on any atom is -0.300 e. The van der Waals surface area contributed by atoms with E-state index < -0.39 is 0 Å². The predicted molar refractivity (Wildman–Crippen MR) is 132 cm³/mol. The van der Waals surface area contributed by atoms with Gasteiger partial charge in [-0.25, -0.2) is 0 Å². The quantitative estimate of drug-likeness (QED) is 0.220. The van der Waals surface area contributed by atoms with Gasteiger partial charge < -0.3 is 0 Å². The summed E-state index contributed by atoms with van der Waals surface area (Å²) in [5.41, 5.74) is 2.75. The fraction of sp³-hybridized carbons (Fsp3) is 0.500. The van der Waals surface area contributed by atoms with Crippen molar-refractivity contribution in [3.8, 4) is 0 Å². The Balaban J connectivity index is 1.89. The third kappa shape index (κ3) is 10.8. The minimum atomic E-state index is 0.983. The molecule has 0 saturated heterocycles. The molecule has 0 aliphatic heterocycles. The van der Waals surface area contributed by atoms with E-state index in [-0.39, 0.29) is 0 Å². The van der Waals surface area contributed by atoms with Crippen molar-refractivity contribution in [2.45, 2.75) is 65.5 Å². The van der Waals surface area contributed by atoms with Gasteiger partial charge in [-0.3, -0.25) is 9.80 Å². The van der Waals surface area contributed by atoms with Crippen LogP contribution >= 0.6 is 0 Å². The highest BCUT2D eigenvalue weighted by Crippen LogP contribution is 2.10. The predicted octanol–water partition coefficient (Wildman–Crippen LogP) is 6.93. The molecule has 0 spiro atoms. The summed E-state index contributed by atoms with van der Waals surface area (Å²) in [6.45, 7) is 11.1. The molecule has 0 heterocycles. The molecule has 0 aliphatic rings. The van der Waals surface area contributed by atoms with Crippen LogP contribution in [0.25, 0.3) is 0 Å². The molecule has 0 radical (unpaired) electrons. The molecule has 30 heavy (non-hydrogen) atoms. The second-order valence-corrected chi connectivity index (χ2v) is 8.33. The van der Waals surface area contributed by atoms with Crippen molar-refractivity contribution >= 4 is 0 Å². The highest BCUT2D eigenvalue weighted by Gasteiger charge is 2.06. The normalized spacial score (nSPS) is 11.7. The molecule has 0 atom stereocenters. The zero-order chi connectivity index (χ0) is 21.3. The van der Waals surface area contributed by atoms with Gasteiger partial charge in [0.05, 0.1) is 0 Å². The fourth-order valence-electron chi connectivity index (χ4n) is 3.78. The van der Waals surface area contributed by atoms with E-state index in [1.165, 1.54) is 62.7 Å². The van der Waals surface area contributed by atoms with Crippen molar-refractivity contribution in [2.24, 2.45) is 0 Å². The molecule has 0 saturated carbocycles. The molecule has 164 valence electrons. The zero-order valence-corrected chi connectivity index (χ0v) is 19.3. The third-order valence-electron chi connectivity index (χ3n) is 5.55. The van der Waals surface area contributed by atoms with Crippen LogP contribution < -0.4 is 0 Å². The van der Waals surface area contributed by atoms with E-state index in [9.17, 15) is 0 Å². The largest absolute Gasteiger partial charge is 0.300 e. The third-order valence-corrected chi connectivity index (χ3v) is 5.55. The first-order valence-corrected chi connectivity index (χ1v) is 12.0. The van der Waals surface area contributed by atoms with Crippen molar-refractivity contribution in [2.75, 3.05) is 26.2 Å². The van der Waals surface area contributed by atoms with Crippen molar-refractivity contribution in [1.29, 1.82) is 0 Å². The Kier molecular flexibility index (Phi) is 12.9. The molecule has 0 bridgehead atoms. The molecular weight excluding hydrogens is 364 g/mol. The van der Waals surface area contributed by atoms with Crippen LogP contribution in [0.4, 0.5) is 0 Å². The van der Waals surface area contributed by atoms with Gasteiger partial charge in [0.25, 0.3) is 0 Å². The van der Waals surface area contributed by atoms with Gasteiger partial charge in [-0.15, -0.1) is 0 Å². The van der Waals surface area contributed by atoms with Gasteiger partial charge in [0.2, 0.25) is 0 Å². The first kappa shape index (κ1) is 24.4. The molecule has 2 aromatic carbocycles. The van der Waals surface area contributed by atoms with E-state index in [0.29, 0.717) is 0 Å². The maximum Gasteiger partial charge on any atom is 0.0240 e. The molecular formula is C28H42N2. The van der Waals surface area contributed by atoms with Crippen LogP contribution in [0.3, 0.4) is 0 Å². The Morgan fingerprint density at radius 3 is 1.43 bits per heavy atom. The minimum absolute atomic E-state index is 0.983. The Morgan fingerprint density at radius 1 is 0.567 bits per heavy atom. The summed E-state index contributed by atoms with van der Waals surface area (Å²) in [5, 5.41) is 0. The lowest BCUT2D eigenvalue weighted by molar-refractivity contribution is 0.279.